The van der Waals surface area contributed by atoms with Gasteiger partial charge in [0.1, 0.15) is 11.6 Å². The van der Waals surface area contributed by atoms with Crippen LogP contribution in [-0.2, 0) is 9.59 Å². The summed E-state index contributed by atoms with van der Waals surface area (Å²) in [6.07, 6.45) is 10.1. The molecule has 1 atom stereocenters. The molecule has 3 fully saturated rings. The summed E-state index contributed by atoms with van der Waals surface area (Å²) >= 11 is 0. The van der Waals surface area contributed by atoms with Gasteiger partial charge in [-0.1, -0.05) is 40.0 Å². The van der Waals surface area contributed by atoms with Crippen molar-refractivity contribution in [2.75, 3.05) is 26.2 Å². The van der Waals surface area contributed by atoms with Gasteiger partial charge in [-0.15, -0.1) is 0 Å². The van der Waals surface area contributed by atoms with E-state index in [-0.39, 0.29) is 17.9 Å². The molecule has 2 aliphatic heterocycles. The smallest absolute Gasteiger partial charge is 0.246 e. The second-order valence-corrected chi connectivity index (χ2v) is 9.48. The molecule has 0 aromatic rings. The molecule has 0 aromatic heterocycles. The average molecular weight is 378 g/mol. The van der Waals surface area contributed by atoms with Crippen LogP contribution in [0.2, 0.25) is 0 Å². The Morgan fingerprint density at radius 1 is 1.11 bits per heavy atom. The summed E-state index contributed by atoms with van der Waals surface area (Å²) in [5.74, 6) is 1.47. The van der Waals surface area contributed by atoms with E-state index in [0.29, 0.717) is 12.5 Å². The zero-order valence-electron chi connectivity index (χ0n) is 17.6. The zero-order valence-corrected chi connectivity index (χ0v) is 17.6. The normalized spacial score (nSPS) is 27.4. The number of piperidine rings is 1. The van der Waals surface area contributed by atoms with E-state index in [4.69, 9.17) is 0 Å². The number of nitrogens with one attached hydrogen (secondary N) is 1. The Balaban J connectivity index is 1.66. The maximum atomic E-state index is 13.2. The van der Waals surface area contributed by atoms with E-state index in [0.717, 1.165) is 44.7 Å². The molecule has 154 valence electrons. The topological polar surface area (TPSA) is 52.7 Å². The molecule has 0 aromatic carbocycles. The van der Waals surface area contributed by atoms with E-state index in [9.17, 15) is 9.59 Å². The quantitative estimate of drug-likeness (QED) is 0.773. The summed E-state index contributed by atoms with van der Waals surface area (Å²) in [6, 6.07) is -0.338. The lowest BCUT2D eigenvalue weighted by Gasteiger charge is -2.52. The summed E-state index contributed by atoms with van der Waals surface area (Å²) in [5, 5.41) is 3.09. The van der Waals surface area contributed by atoms with Crippen LogP contribution in [0.1, 0.15) is 78.6 Å². The first-order chi connectivity index (χ1) is 13.0. The molecule has 5 heteroatoms. The Hall–Kier alpha value is -1.10. The van der Waals surface area contributed by atoms with Crippen LogP contribution in [-0.4, -0.2) is 59.4 Å². The number of carbonyl (C=O) groups excluding carboxylic acids is 2. The van der Waals surface area contributed by atoms with Gasteiger partial charge in [-0.05, 0) is 50.4 Å². The Morgan fingerprint density at radius 3 is 2.37 bits per heavy atom. The highest BCUT2D eigenvalue weighted by Gasteiger charge is 2.53. The fraction of sp³-hybridized carbons (Fsp3) is 0.909. The molecule has 0 unspecified atom stereocenters. The third kappa shape index (κ3) is 4.49. The van der Waals surface area contributed by atoms with Gasteiger partial charge in [0.15, 0.2) is 0 Å². The number of nitrogens with zero attached hydrogens (tertiary/aromatic N) is 2. The van der Waals surface area contributed by atoms with Gasteiger partial charge < -0.3 is 15.1 Å². The van der Waals surface area contributed by atoms with Gasteiger partial charge in [0.2, 0.25) is 11.8 Å². The van der Waals surface area contributed by atoms with Crippen LogP contribution in [0.3, 0.4) is 0 Å². The van der Waals surface area contributed by atoms with Crippen LogP contribution in [0.25, 0.3) is 0 Å². The van der Waals surface area contributed by atoms with Crippen molar-refractivity contribution in [3.63, 3.8) is 0 Å². The minimum atomic E-state index is -0.608. The lowest BCUT2D eigenvalue weighted by molar-refractivity contribution is -0.161. The third-order valence-electron chi connectivity index (χ3n) is 6.89. The van der Waals surface area contributed by atoms with Crippen molar-refractivity contribution in [1.29, 1.82) is 0 Å². The van der Waals surface area contributed by atoms with E-state index in [1.54, 1.807) is 0 Å². The molecule has 5 nitrogen and oxygen atoms in total. The average Bonchev–Trinajstić information content (AvgIpc) is 2.65. The molecule has 1 N–H and O–H groups in total. The summed E-state index contributed by atoms with van der Waals surface area (Å²) in [7, 11) is 0. The maximum absolute atomic E-state index is 13.2. The minimum absolute atomic E-state index is 0.0958. The minimum Gasteiger partial charge on any atom is -0.342 e. The van der Waals surface area contributed by atoms with Gasteiger partial charge in [0.25, 0.3) is 0 Å². The molecular weight excluding hydrogens is 338 g/mol. The lowest BCUT2D eigenvalue weighted by Crippen LogP contribution is -2.73. The number of carbonyl (C=O) groups is 2. The highest BCUT2D eigenvalue weighted by Crippen LogP contribution is 2.35. The van der Waals surface area contributed by atoms with Crippen molar-refractivity contribution in [3.05, 3.63) is 0 Å². The van der Waals surface area contributed by atoms with Crippen molar-refractivity contribution in [3.8, 4) is 0 Å². The van der Waals surface area contributed by atoms with E-state index in [1.807, 2.05) is 4.90 Å². The zero-order chi connectivity index (χ0) is 19.4. The second-order valence-electron chi connectivity index (χ2n) is 9.48. The van der Waals surface area contributed by atoms with Crippen molar-refractivity contribution in [2.45, 2.75) is 90.1 Å². The lowest BCUT2D eigenvalue weighted by atomic mass is 9.80. The molecule has 2 saturated heterocycles. The van der Waals surface area contributed by atoms with Crippen molar-refractivity contribution >= 4 is 11.8 Å². The van der Waals surface area contributed by atoms with Crippen LogP contribution < -0.4 is 5.32 Å². The standard InChI is InChI=1S/C22H39N3O2/c1-4-12-25-20(26)19(15-17(2)3)23-21(27)22(25)10-13-24(14-11-22)16-18-8-6-5-7-9-18/h17-19H,4-16H2,1-3H3,(H,23,27)/t19-/m0/s1. The van der Waals surface area contributed by atoms with Gasteiger partial charge in [-0.2, -0.15) is 0 Å². The van der Waals surface area contributed by atoms with E-state index >= 15 is 0 Å². The van der Waals surface area contributed by atoms with Gasteiger partial charge in [-0.25, -0.2) is 0 Å². The fourth-order valence-electron chi connectivity index (χ4n) is 5.39. The highest BCUT2D eigenvalue weighted by atomic mass is 16.2. The summed E-state index contributed by atoms with van der Waals surface area (Å²) in [6.45, 7) is 10.1. The summed E-state index contributed by atoms with van der Waals surface area (Å²) in [4.78, 5) is 30.8. The SMILES string of the molecule is CCCN1C(=O)[C@H](CC(C)C)NC(=O)C12CCN(CC1CCCCC1)CC2. The first-order valence-corrected chi connectivity index (χ1v) is 11.3. The molecule has 2 heterocycles. The summed E-state index contributed by atoms with van der Waals surface area (Å²) in [5.41, 5.74) is -0.608. The van der Waals surface area contributed by atoms with Gasteiger partial charge in [-0.3, -0.25) is 9.59 Å². The monoisotopic (exact) mass is 377 g/mol. The van der Waals surface area contributed by atoms with E-state index in [2.05, 4.69) is 31.0 Å². The number of piperazine rings is 1. The Labute approximate surface area is 165 Å². The number of hydrogen-bond acceptors (Lipinski definition) is 3. The number of rotatable bonds is 6. The van der Waals surface area contributed by atoms with Crippen LogP contribution in [0.5, 0.6) is 0 Å². The van der Waals surface area contributed by atoms with Gasteiger partial charge >= 0.3 is 0 Å². The van der Waals surface area contributed by atoms with E-state index < -0.39 is 5.54 Å². The second kappa shape index (κ2) is 8.93. The van der Waals surface area contributed by atoms with Crippen molar-refractivity contribution in [2.24, 2.45) is 11.8 Å². The van der Waals surface area contributed by atoms with Crippen LogP contribution in [0.15, 0.2) is 0 Å². The molecule has 0 radical (unpaired) electrons. The molecule has 3 rings (SSSR count). The largest absolute Gasteiger partial charge is 0.342 e. The molecular formula is C22H39N3O2. The predicted molar refractivity (Wildman–Crippen MR) is 108 cm³/mol. The fourth-order valence-corrected chi connectivity index (χ4v) is 5.39. The number of likely N-dealkylation sites (tertiary alicyclic amines) is 1. The van der Waals surface area contributed by atoms with Crippen LogP contribution >= 0.6 is 0 Å². The predicted octanol–water partition coefficient (Wildman–Crippen LogP) is 3.18. The maximum Gasteiger partial charge on any atom is 0.246 e. The first kappa shape index (κ1) is 20.6. The molecule has 2 amide bonds. The highest BCUT2D eigenvalue weighted by molar-refractivity contribution is 6.00. The molecule has 1 saturated carbocycles. The van der Waals surface area contributed by atoms with Gasteiger partial charge in [0, 0.05) is 26.2 Å². The molecule has 3 aliphatic rings. The molecule has 27 heavy (non-hydrogen) atoms. The number of hydrogen-bond donors (Lipinski definition) is 1. The number of amides is 2. The Morgan fingerprint density at radius 2 is 1.78 bits per heavy atom. The van der Waals surface area contributed by atoms with Crippen LogP contribution in [0, 0.1) is 11.8 Å². The van der Waals surface area contributed by atoms with Crippen molar-refractivity contribution in [1.82, 2.24) is 15.1 Å². The van der Waals surface area contributed by atoms with Gasteiger partial charge in [0.05, 0.1) is 0 Å². The molecule has 1 spiro atoms. The Bertz CT molecular complexity index is 520. The third-order valence-corrected chi connectivity index (χ3v) is 6.89. The molecule has 1 aliphatic carbocycles. The Kier molecular flexibility index (Phi) is 6.83. The summed E-state index contributed by atoms with van der Waals surface area (Å²) < 4.78 is 0. The molecule has 0 bridgehead atoms. The van der Waals surface area contributed by atoms with Crippen LogP contribution in [0.4, 0.5) is 0 Å². The van der Waals surface area contributed by atoms with E-state index in [1.165, 1.54) is 38.6 Å². The van der Waals surface area contributed by atoms with Crippen molar-refractivity contribution < 1.29 is 9.59 Å². The first-order valence-electron chi connectivity index (χ1n) is 11.3.